The molecule has 0 aliphatic heterocycles. The van der Waals surface area contributed by atoms with Gasteiger partial charge in [0.2, 0.25) is 0 Å². The van der Waals surface area contributed by atoms with E-state index in [4.69, 9.17) is 0 Å². The Morgan fingerprint density at radius 3 is 0.762 bits per heavy atom. The molecule has 0 aromatic rings. The molecule has 126 valence electrons. The highest BCUT2D eigenvalue weighted by Gasteiger charge is 2.41. The molecule has 0 atom stereocenters. The van der Waals surface area contributed by atoms with Gasteiger partial charge in [0.1, 0.15) is 0 Å². The highest BCUT2D eigenvalue weighted by molar-refractivity contribution is 7.02. The minimum atomic E-state index is -1.23. The molecule has 0 unspecified atom stereocenters. The summed E-state index contributed by atoms with van der Waals surface area (Å²) in [6, 6.07) is 9.09. The largest absolute Gasteiger partial charge is 0.0657 e. The zero-order valence-corrected chi connectivity index (χ0v) is 18.0. The van der Waals surface area contributed by atoms with Gasteiger partial charge in [-0.3, -0.25) is 0 Å². The van der Waals surface area contributed by atoms with Crippen LogP contribution in [0.5, 0.6) is 0 Å². The fourth-order valence-electron chi connectivity index (χ4n) is 4.56. The Bertz CT molecular complexity index is 180. The first-order chi connectivity index (χ1) is 10.1. The molecule has 2 heteroatoms. The average Bonchev–Trinajstić information content (AvgIpc) is 2.40. The van der Waals surface area contributed by atoms with E-state index in [-0.39, 0.29) is 0 Å². The number of hydrogen-bond acceptors (Lipinski definition) is 0. The van der Waals surface area contributed by atoms with Crippen molar-refractivity contribution in [2.45, 2.75) is 116 Å². The van der Waals surface area contributed by atoms with Gasteiger partial charge in [-0.05, 0) is 5.67 Å². The molecule has 2 radical (unpaired) electrons. The van der Waals surface area contributed by atoms with Crippen LogP contribution in [0.15, 0.2) is 0 Å². The molecule has 0 aliphatic rings. The van der Waals surface area contributed by atoms with Crippen LogP contribution in [0.2, 0.25) is 36.3 Å². The van der Waals surface area contributed by atoms with Crippen LogP contribution in [0.1, 0.15) is 80.1 Å². The van der Waals surface area contributed by atoms with E-state index in [9.17, 15) is 0 Å². The molecule has 0 aromatic carbocycles. The van der Waals surface area contributed by atoms with Gasteiger partial charge in [-0.25, -0.2) is 0 Å². The van der Waals surface area contributed by atoms with Gasteiger partial charge < -0.3 is 0 Å². The highest BCUT2D eigenvalue weighted by Crippen LogP contribution is 2.38. The van der Waals surface area contributed by atoms with Crippen molar-refractivity contribution in [3.8, 4) is 0 Å². The van der Waals surface area contributed by atoms with Gasteiger partial charge in [0, 0.05) is 0 Å². The quantitative estimate of drug-likeness (QED) is 0.290. The van der Waals surface area contributed by atoms with Crippen LogP contribution >= 0.6 is 0 Å². The molecular formula is C19H42Si2. The molecule has 0 heterocycles. The third-order valence-electron chi connectivity index (χ3n) is 4.90. The molecule has 0 saturated heterocycles. The van der Waals surface area contributed by atoms with Crippen LogP contribution in [-0.2, 0) is 0 Å². The second kappa shape index (κ2) is 11.9. The molecule has 21 heavy (non-hydrogen) atoms. The summed E-state index contributed by atoms with van der Waals surface area (Å²) in [5.41, 5.74) is 4.56. The molecule has 0 aliphatic carbocycles. The lowest BCUT2D eigenvalue weighted by Crippen LogP contribution is -2.49. The lowest BCUT2D eigenvalue weighted by molar-refractivity contribution is 0.909. The molecule has 0 saturated carbocycles. The van der Waals surface area contributed by atoms with Gasteiger partial charge in [-0.2, -0.15) is 0 Å². The van der Waals surface area contributed by atoms with Gasteiger partial charge >= 0.3 is 0 Å². The fraction of sp³-hybridized carbons (Fsp3) is 0.947. The molecule has 0 rings (SSSR count). The Labute approximate surface area is 138 Å². The maximum absolute atomic E-state index is 4.56. The van der Waals surface area contributed by atoms with Gasteiger partial charge in [0.05, 0.1) is 16.1 Å². The first-order valence-electron chi connectivity index (χ1n) is 9.86. The van der Waals surface area contributed by atoms with Crippen molar-refractivity contribution < 1.29 is 0 Å². The summed E-state index contributed by atoms with van der Waals surface area (Å²) in [5.74, 6) is 0. The second-order valence-electron chi connectivity index (χ2n) is 7.19. The predicted molar refractivity (Wildman–Crippen MR) is 105 cm³/mol. The van der Waals surface area contributed by atoms with Gasteiger partial charge in [0.25, 0.3) is 0 Å². The van der Waals surface area contributed by atoms with E-state index in [2.05, 4.69) is 47.2 Å². The summed E-state index contributed by atoms with van der Waals surface area (Å²) in [4.78, 5) is 0. The Morgan fingerprint density at radius 1 is 0.429 bits per heavy atom. The minimum Gasteiger partial charge on any atom is -0.0657 e. The zero-order chi connectivity index (χ0) is 16.2. The summed E-state index contributed by atoms with van der Waals surface area (Å²) in [6.07, 6.45) is 8.30. The van der Waals surface area contributed by atoms with E-state index in [0.29, 0.717) is 0 Å². The Morgan fingerprint density at radius 2 is 0.619 bits per heavy atom. The normalized spacial score (nSPS) is 12.9. The standard InChI is InChI=1S/C19H42Si2/c1-7-13-20(14-8-2,15-9-3)19-21(16-10-4,17-11-5)18-12-6/h7-18H2,1-6H3. The molecule has 0 nitrogen and oxygen atoms in total. The van der Waals surface area contributed by atoms with Crippen molar-refractivity contribution in [1.29, 1.82) is 0 Å². The van der Waals surface area contributed by atoms with Gasteiger partial charge in [0.15, 0.2) is 0 Å². The van der Waals surface area contributed by atoms with E-state index in [1.165, 1.54) is 74.8 Å². The molecule has 0 spiro atoms. The minimum absolute atomic E-state index is 1.23. The highest BCUT2D eigenvalue weighted by atomic mass is 28.4. The van der Waals surface area contributed by atoms with Gasteiger partial charge in [-0.1, -0.05) is 116 Å². The van der Waals surface area contributed by atoms with E-state index in [0.717, 1.165) is 0 Å². The Balaban J connectivity index is 5.30. The van der Waals surface area contributed by atoms with Crippen LogP contribution in [0.25, 0.3) is 0 Å². The average molecular weight is 327 g/mol. The molecule has 0 aromatic heterocycles. The maximum atomic E-state index is 4.56. The van der Waals surface area contributed by atoms with Crippen LogP contribution in [0, 0.1) is 5.67 Å². The first kappa shape index (κ1) is 21.4. The van der Waals surface area contributed by atoms with Crippen LogP contribution in [0.4, 0.5) is 0 Å². The predicted octanol–water partition coefficient (Wildman–Crippen LogP) is 7.50. The lowest BCUT2D eigenvalue weighted by Gasteiger charge is -2.41. The van der Waals surface area contributed by atoms with E-state index >= 15 is 0 Å². The Kier molecular flexibility index (Phi) is 12.2. The van der Waals surface area contributed by atoms with Crippen LogP contribution in [-0.4, -0.2) is 16.1 Å². The fourth-order valence-corrected chi connectivity index (χ4v) is 19.3. The maximum Gasteiger partial charge on any atom is 0.0571 e. The van der Waals surface area contributed by atoms with Gasteiger partial charge in [-0.15, -0.1) is 0 Å². The van der Waals surface area contributed by atoms with Crippen molar-refractivity contribution in [2.24, 2.45) is 0 Å². The summed E-state index contributed by atoms with van der Waals surface area (Å²) >= 11 is 0. The smallest absolute Gasteiger partial charge is 0.0571 e. The van der Waals surface area contributed by atoms with Crippen molar-refractivity contribution >= 4 is 16.1 Å². The first-order valence-corrected chi connectivity index (χ1v) is 15.1. The molecular weight excluding hydrogens is 284 g/mol. The summed E-state index contributed by atoms with van der Waals surface area (Å²) in [5, 5.41) is 0. The van der Waals surface area contributed by atoms with E-state index in [1.54, 1.807) is 0 Å². The summed E-state index contributed by atoms with van der Waals surface area (Å²) in [7, 11) is -2.46. The van der Waals surface area contributed by atoms with Crippen molar-refractivity contribution in [3.05, 3.63) is 5.67 Å². The van der Waals surface area contributed by atoms with Crippen molar-refractivity contribution in [3.63, 3.8) is 0 Å². The Hall–Kier alpha value is 0.434. The molecule has 0 N–H and O–H groups in total. The van der Waals surface area contributed by atoms with E-state index in [1.807, 2.05) is 0 Å². The SMILES string of the molecule is CCC[Si]([C][Si](CCC)(CCC)CCC)(CCC)CCC. The molecule has 0 amide bonds. The second-order valence-corrected chi connectivity index (χ2v) is 16.3. The third kappa shape index (κ3) is 7.50. The topological polar surface area (TPSA) is 0 Å². The zero-order valence-electron chi connectivity index (χ0n) is 16.0. The lowest BCUT2D eigenvalue weighted by atomic mass is 10.5. The number of rotatable bonds is 14. The summed E-state index contributed by atoms with van der Waals surface area (Å²) < 4.78 is 0. The molecule has 0 bridgehead atoms. The number of hydrogen-bond donors (Lipinski definition) is 0. The van der Waals surface area contributed by atoms with Crippen LogP contribution in [0.3, 0.4) is 0 Å². The summed E-state index contributed by atoms with van der Waals surface area (Å²) in [6.45, 7) is 14.4. The van der Waals surface area contributed by atoms with Crippen molar-refractivity contribution in [1.82, 2.24) is 0 Å². The van der Waals surface area contributed by atoms with Crippen molar-refractivity contribution in [2.75, 3.05) is 0 Å². The van der Waals surface area contributed by atoms with E-state index < -0.39 is 16.1 Å². The third-order valence-corrected chi connectivity index (χ3v) is 17.9. The van der Waals surface area contributed by atoms with Crippen LogP contribution < -0.4 is 0 Å². The molecule has 0 fully saturated rings. The monoisotopic (exact) mass is 326 g/mol.